The van der Waals surface area contributed by atoms with E-state index in [1.807, 2.05) is 13.0 Å². The summed E-state index contributed by atoms with van der Waals surface area (Å²) in [5, 5.41) is 0.878. The van der Waals surface area contributed by atoms with Crippen molar-refractivity contribution in [3.8, 4) is 5.75 Å². The Morgan fingerprint density at radius 1 is 1.32 bits per heavy atom. The van der Waals surface area contributed by atoms with E-state index in [2.05, 4.69) is 20.9 Å². The molecule has 116 valence electrons. The third kappa shape index (κ3) is 4.35. The van der Waals surface area contributed by atoms with Gasteiger partial charge in [-0.05, 0) is 53.2 Å². The lowest BCUT2D eigenvalue weighted by atomic mass is 10.3. The molecule has 0 saturated heterocycles. The molecule has 0 radical (unpaired) electrons. The van der Waals surface area contributed by atoms with Crippen LogP contribution in [0.4, 0.5) is 5.82 Å². The summed E-state index contributed by atoms with van der Waals surface area (Å²) >= 11 is 15.1. The minimum atomic E-state index is -0.205. The van der Waals surface area contributed by atoms with Gasteiger partial charge >= 0.3 is 0 Å². The zero-order valence-corrected chi connectivity index (χ0v) is 14.8. The number of ether oxygens (including phenoxy) is 1. The topological polar surface area (TPSA) is 42.4 Å². The van der Waals surface area contributed by atoms with Gasteiger partial charge in [0.15, 0.2) is 6.61 Å². The Morgan fingerprint density at radius 3 is 2.68 bits per heavy atom. The molecule has 0 saturated carbocycles. The number of carbonyl (C=O) groups excluding carboxylic acids is 1. The minimum absolute atomic E-state index is 0.132. The largest absolute Gasteiger partial charge is 0.482 e. The summed E-state index contributed by atoms with van der Waals surface area (Å²) < 4.78 is 6.31. The van der Waals surface area contributed by atoms with Crippen LogP contribution in [0.15, 0.2) is 41.0 Å². The second-order valence-electron chi connectivity index (χ2n) is 4.34. The van der Waals surface area contributed by atoms with Crippen molar-refractivity contribution in [1.29, 1.82) is 0 Å². The van der Waals surface area contributed by atoms with Gasteiger partial charge in [-0.1, -0.05) is 23.2 Å². The summed E-state index contributed by atoms with van der Waals surface area (Å²) in [6.45, 7) is 2.23. The molecular formula is C15H13BrCl2N2O2. The highest BCUT2D eigenvalue weighted by atomic mass is 79.9. The lowest BCUT2D eigenvalue weighted by Gasteiger charge is -2.20. The molecule has 22 heavy (non-hydrogen) atoms. The van der Waals surface area contributed by atoms with Crippen molar-refractivity contribution in [2.75, 3.05) is 18.1 Å². The van der Waals surface area contributed by atoms with Gasteiger partial charge in [0.1, 0.15) is 11.6 Å². The van der Waals surface area contributed by atoms with Crippen LogP contribution in [0.3, 0.4) is 0 Å². The van der Waals surface area contributed by atoms with Crippen LogP contribution in [0, 0.1) is 0 Å². The first-order valence-corrected chi connectivity index (χ1v) is 8.06. The molecule has 2 rings (SSSR count). The summed E-state index contributed by atoms with van der Waals surface area (Å²) in [6, 6.07) is 8.44. The normalized spacial score (nSPS) is 10.4. The number of carbonyl (C=O) groups is 1. The third-order valence-electron chi connectivity index (χ3n) is 2.85. The van der Waals surface area contributed by atoms with Gasteiger partial charge in [-0.15, -0.1) is 0 Å². The van der Waals surface area contributed by atoms with Crippen LogP contribution in [0.1, 0.15) is 6.92 Å². The molecular weight excluding hydrogens is 391 g/mol. The van der Waals surface area contributed by atoms with Gasteiger partial charge < -0.3 is 4.74 Å². The third-order valence-corrected chi connectivity index (χ3v) is 3.85. The van der Waals surface area contributed by atoms with Gasteiger partial charge in [0.2, 0.25) is 0 Å². The summed E-state index contributed by atoms with van der Waals surface area (Å²) in [5.74, 6) is 0.782. The quantitative estimate of drug-likeness (QED) is 0.733. The lowest BCUT2D eigenvalue weighted by Crippen LogP contribution is -2.35. The van der Waals surface area contributed by atoms with Crippen LogP contribution < -0.4 is 9.64 Å². The molecule has 1 amide bonds. The Morgan fingerprint density at radius 2 is 2.09 bits per heavy atom. The SMILES string of the molecule is CCN(C(=O)COc1ccc(Cl)cc1Cl)c1ccc(Br)cn1. The molecule has 1 aromatic heterocycles. The number of aromatic nitrogens is 1. The molecule has 4 nitrogen and oxygen atoms in total. The number of rotatable bonds is 5. The highest BCUT2D eigenvalue weighted by Crippen LogP contribution is 2.27. The molecule has 0 aliphatic heterocycles. The van der Waals surface area contributed by atoms with Crippen molar-refractivity contribution in [2.45, 2.75) is 6.92 Å². The van der Waals surface area contributed by atoms with Gasteiger partial charge in [-0.2, -0.15) is 0 Å². The Labute approximate surface area is 147 Å². The second kappa shape index (κ2) is 7.81. The fourth-order valence-electron chi connectivity index (χ4n) is 1.80. The maximum atomic E-state index is 12.3. The Balaban J connectivity index is 2.05. The monoisotopic (exact) mass is 402 g/mol. The number of hydrogen-bond acceptors (Lipinski definition) is 3. The molecule has 1 heterocycles. The first kappa shape index (κ1) is 17.1. The average molecular weight is 404 g/mol. The van der Waals surface area contributed by atoms with Crippen LogP contribution in [0.5, 0.6) is 5.75 Å². The van der Waals surface area contributed by atoms with Gasteiger partial charge in [0, 0.05) is 22.2 Å². The molecule has 0 bridgehead atoms. The molecule has 0 fully saturated rings. The van der Waals surface area contributed by atoms with E-state index in [0.29, 0.717) is 28.2 Å². The maximum Gasteiger partial charge on any atom is 0.266 e. The van der Waals surface area contributed by atoms with E-state index in [0.717, 1.165) is 4.47 Å². The van der Waals surface area contributed by atoms with Crippen LogP contribution in [-0.2, 0) is 4.79 Å². The van der Waals surface area contributed by atoms with E-state index in [9.17, 15) is 4.79 Å². The van der Waals surface area contributed by atoms with Gasteiger partial charge in [-0.3, -0.25) is 9.69 Å². The number of nitrogens with zero attached hydrogens (tertiary/aromatic N) is 2. The summed E-state index contributed by atoms with van der Waals surface area (Å²) in [6.07, 6.45) is 1.64. The smallest absolute Gasteiger partial charge is 0.266 e. The molecule has 0 N–H and O–H groups in total. The Kier molecular flexibility index (Phi) is 6.06. The van der Waals surface area contributed by atoms with Crippen molar-refractivity contribution >= 4 is 50.9 Å². The summed E-state index contributed by atoms with van der Waals surface area (Å²) in [4.78, 5) is 18.0. The standard InChI is InChI=1S/C15H13BrCl2N2O2/c1-2-20(14-6-3-10(16)8-19-14)15(21)9-22-13-5-4-11(17)7-12(13)18/h3-8H,2,9H2,1H3. The van der Waals surface area contributed by atoms with E-state index in [1.54, 1.807) is 30.5 Å². The molecule has 0 aliphatic carbocycles. The van der Waals surface area contributed by atoms with E-state index in [1.165, 1.54) is 4.90 Å². The zero-order chi connectivity index (χ0) is 16.1. The molecule has 0 aliphatic rings. The average Bonchev–Trinajstić information content (AvgIpc) is 2.49. The van der Waals surface area contributed by atoms with Gasteiger partial charge in [-0.25, -0.2) is 4.98 Å². The van der Waals surface area contributed by atoms with Crippen molar-refractivity contribution in [3.63, 3.8) is 0 Å². The molecule has 1 aromatic carbocycles. The fourth-order valence-corrected chi connectivity index (χ4v) is 2.50. The van der Waals surface area contributed by atoms with Crippen LogP contribution >= 0.6 is 39.1 Å². The number of likely N-dealkylation sites (N-methyl/N-ethyl adjacent to an activating group) is 1. The molecule has 0 unspecified atom stereocenters. The number of anilines is 1. The molecule has 0 atom stereocenters. The van der Waals surface area contributed by atoms with E-state index in [4.69, 9.17) is 27.9 Å². The predicted molar refractivity (Wildman–Crippen MR) is 91.9 cm³/mol. The molecule has 2 aromatic rings. The summed E-state index contributed by atoms with van der Waals surface area (Å²) in [5.41, 5.74) is 0. The van der Waals surface area contributed by atoms with Crippen molar-refractivity contribution < 1.29 is 9.53 Å². The number of hydrogen-bond donors (Lipinski definition) is 0. The number of amides is 1. The van der Waals surface area contributed by atoms with Gasteiger partial charge in [0.05, 0.1) is 5.02 Å². The number of benzene rings is 1. The van der Waals surface area contributed by atoms with Crippen molar-refractivity contribution in [1.82, 2.24) is 4.98 Å². The van der Waals surface area contributed by atoms with Crippen LogP contribution in [0.25, 0.3) is 0 Å². The second-order valence-corrected chi connectivity index (χ2v) is 6.10. The molecule has 7 heteroatoms. The minimum Gasteiger partial charge on any atom is -0.482 e. The van der Waals surface area contributed by atoms with Gasteiger partial charge in [0.25, 0.3) is 5.91 Å². The first-order chi connectivity index (χ1) is 10.5. The predicted octanol–water partition coefficient (Wildman–Crippen LogP) is 4.58. The Hall–Kier alpha value is -1.30. The van der Waals surface area contributed by atoms with E-state index < -0.39 is 0 Å². The maximum absolute atomic E-state index is 12.3. The van der Waals surface area contributed by atoms with Crippen LogP contribution in [-0.4, -0.2) is 24.0 Å². The molecule has 0 spiro atoms. The first-order valence-electron chi connectivity index (χ1n) is 6.51. The number of pyridine rings is 1. The van der Waals surface area contributed by atoms with E-state index in [-0.39, 0.29) is 12.5 Å². The fraction of sp³-hybridized carbons (Fsp3) is 0.200. The van der Waals surface area contributed by atoms with Crippen LogP contribution in [0.2, 0.25) is 10.0 Å². The van der Waals surface area contributed by atoms with Crippen molar-refractivity contribution in [2.24, 2.45) is 0 Å². The highest BCUT2D eigenvalue weighted by molar-refractivity contribution is 9.10. The van der Waals surface area contributed by atoms with Crippen molar-refractivity contribution in [3.05, 3.63) is 51.0 Å². The number of halogens is 3. The highest BCUT2D eigenvalue weighted by Gasteiger charge is 2.16. The zero-order valence-electron chi connectivity index (χ0n) is 11.7. The Bertz CT molecular complexity index is 665. The summed E-state index contributed by atoms with van der Waals surface area (Å²) in [7, 11) is 0. The lowest BCUT2D eigenvalue weighted by molar-refractivity contribution is -0.120. The van der Waals surface area contributed by atoms with E-state index >= 15 is 0 Å².